The number of fused-ring (bicyclic) bond motifs is 8. The van der Waals surface area contributed by atoms with E-state index < -0.39 is 0 Å². The Morgan fingerprint density at radius 3 is 1.36 bits per heavy atom. The number of anilines is 6. The summed E-state index contributed by atoms with van der Waals surface area (Å²) < 4.78 is 14.2. The lowest BCUT2D eigenvalue weighted by Crippen LogP contribution is -2.64. The van der Waals surface area contributed by atoms with Gasteiger partial charge in [0.2, 0.25) is 6.71 Å². The Morgan fingerprint density at radius 1 is 0.297 bits per heavy atom. The highest BCUT2D eigenvalue weighted by atomic mass is 32.2. The van der Waals surface area contributed by atoms with Crippen LogP contribution in [0, 0.1) is 0 Å². The Morgan fingerprint density at radius 2 is 0.757 bits per heavy atom. The van der Waals surface area contributed by atoms with Crippen LogP contribution in [0.3, 0.4) is 0 Å². The molecule has 0 unspecified atom stereocenters. The molecule has 0 aromatic heterocycles. The first kappa shape index (κ1) is 43.1. The maximum Gasteiger partial charge on any atom is 0.252 e. The summed E-state index contributed by atoms with van der Waals surface area (Å²) in [5.41, 5.74) is 18.8. The van der Waals surface area contributed by atoms with Gasteiger partial charge in [0.15, 0.2) is 0 Å². The van der Waals surface area contributed by atoms with Crippen molar-refractivity contribution >= 4 is 104 Å². The molecule has 0 amide bonds. The molecule has 8 heteroatoms. The molecule has 0 atom stereocenters. The fourth-order valence-corrected chi connectivity index (χ4v) is 14.2. The smallest absolute Gasteiger partial charge is 0.252 e. The zero-order chi connectivity index (χ0) is 48.7. The van der Waals surface area contributed by atoms with E-state index in [1.54, 1.807) is 0 Å². The third-order valence-electron chi connectivity index (χ3n) is 14.9. The molecular weight excluding hydrogens is 938 g/mol. The van der Waals surface area contributed by atoms with Crippen molar-refractivity contribution in [2.24, 2.45) is 0 Å². The number of benzene rings is 11. The molecule has 0 saturated heterocycles. The number of ether oxygens (including phenoxy) is 2. The van der Waals surface area contributed by atoms with Gasteiger partial charge in [-0.3, -0.25) is 0 Å². The molecule has 11 aromatic carbocycles. The highest BCUT2D eigenvalue weighted by Crippen LogP contribution is 2.49. The zero-order valence-electron chi connectivity index (χ0n) is 39.9. The fraction of sp³-hybridized carbons (Fsp3) is 0. The van der Waals surface area contributed by atoms with E-state index >= 15 is 0 Å². The largest absolute Gasteiger partial charge is 0.457 e. The number of para-hydroxylation sites is 5. The standard InChI is InChI=1S/C66H42B2N2O2S2/c1-5-21-43(22-6-1)49-29-13-18-34-59(49)71-47-37-57-65-58(38-47)70(46-27-11-4-12-28-46)56-42-62-54(41-53(56)67(65)51-31-15-17-33-55(51)69(57)45-25-9-3-10-26-45)68-52-32-16-20-36-61(52)73-63-39-48(40-64(74-62)66(63)68)72-60-35-19-14-30-50(60)44-23-7-2-8-24-44/h1-42H. The van der Waals surface area contributed by atoms with Gasteiger partial charge in [-0.15, -0.1) is 0 Å². The molecule has 0 aliphatic carbocycles. The molecule has 0 spiro atoms. The molecule has 15 rings (SSSR count). The van der Waals surface area contributed by atoms with Crippen LogP contribution in [0.15, 0.2) is 274 Å². The van der Waals surface area contributed by atoms with Crippen LogP contribution >= 0.6 is 23.5 Å². The van der Waals surface area contributed by atoms with Crippen molar-refractivity contribution in [3.63, 3.8) is 0 Å². The van der Waals surface area contributed by atoms with Gasteiger partial charge in [-0.05, 0) is 99.7 Å². The molecule has 74 heavy (non-hydrogen) atoms. The Bertz CT molecular complexity index is 4010. The number of hydrogen-bond donors (Lipinski definition) is 0. The first-order valence-electron chi connectivity index (χ1n) is 25.1. The van der Waals surface area contributed by atoms with Gasteiger partial charge in [0.25, 0.3) is 6.71 Å². The maximum absolute atomic E-state index is 7.20. The van der Waals surface area contributed by atoms with Gasteiger partial charge < -0.3 is 19.3 Å². The van der Waals surface area contributed by atoms with Gasteiger partial charge in [0, 0.05) is 77.0 Å². The monoisotopic (exact) mass is 980 g/mol. The normalized spacial score (nSPS) is 13.2. The number of nitrogens with zero attached hydrogens (tertiary/aromatic N) is 2. The lowest BCUT2D eigenvalue weighted by atomic mass is 9.31. The second kappa shape index (κ2) is 17.6. The SMILES string of the molecule is c1ccc(-c2ccccc2Oc2cc3c4c(c2)Sc2cc5c(cc2B4c2ccccc2S3)B2c3ccccc3N(c3ccccc3)c3cc(Oc4ccccc4-c4ccccc4)cc(c32)N5c2ccccc2)cc1. The summed E-state index contributed by atoms with van der Waals surface area (Å²) in [6, 6.07) is 91.6. The fourth-order valence-electron chi connectivity index (χ4n) is 11.7. The molecular formula is C66H42B2N2O2S2. The van der Waals surface area contributed by atoms with E-state index in [9.17, 15) is 0 Å². The molecule has 0 N–H and O–H groups in total. The number of rotatable bonds is 8. The zero-order valence-corrected chi connectivity index (χ0v) is 41.6. The summed E-state index contributed by atoms with van der Waals surface area (Å²) in [4.78, 5) is 9.89. The van der Waals surface area contributed by atoms with E-state index in [1.807, 2.05) is 23.5 Å². The molecule has 346 valence electrons. The predicted molar refractivity (Wildman–Crippen MR) is 310 cm³/mol. The molecule has 4 aliphatic rings. The van der Waals surface area contributed by atoms with E-state index in [1.165, 1.54) is 52.4 Å². The van der Waals surface area contributed by atoms with Gasteiger partial charge >= 0.3 is 0 Å². The van der Waals surface area contributed by atoms with E-state index in [-0.39, 0.29) is 13.4 Å². The van der Waals surface area contributed by atoms with Crippen LogP contribution in [0.25, 0.3) is 22.3 Å². The average molecular weight is 981 g/mol. The van der Waals surface area contributed by atoms with Gasteiger partial charge in [-0.1, -0.05) is 210 Å². The molecule has 4 nitrogen and oxygen atoms in total. The Kier molecular flexibility index (Phi) is 10.2. The topological polar surface area (TPSA) is 24.9 Å². The first-order chi connectivity index (χ1) is 36.7. The van der Waals surface area contributed by atoms with Crippen molar-refractivity contribution in [3.05, 3.63) is 255 Å². The van der Waals surface area contributed by atoms with Gasteiger partial charge in [0.1, 0.15) is 23.0 Å². The van der Waals surface area contributed by atoms with E-state index in [4.69, 9.17) is 9.47 Å². The third-order valence-corrected chi connectivity index (χ3v) is 17.1. The van der Waals surface area contributed by atoms with Crippen LogP contribution < -0.4 is 52.1 Å². The average Bonchev–Trinajstić information content (AvgIpc) is 3.49. The van der Waals surface area contributed by atoms with Crippen molar-refractivity contribution in [2.75, 3.05) is 9.80 Å². The molecule has 0 fully saturated rings. The van der Waals surface area contributed by atoms with Crippen molar-refractivity contribution in [3.8, 4) is 45.3 Å². The maximum atomic E-state index is 7.20. The summed E-state index contributed by atoms with van der Waals surface area (Å²) in [6.45, 7) is -0.0579. The summed E-state index contributed by atoms with van der Waals surface area (Å²) in [5.74, 6) is 3.23. The van der Waals surface area contributed by atoms with Crippen LogP contribution in [-0.4, -0.2) is 13.4 Å². The van der Waals surface area contributed by atoms with Crippen LogP contribution in [0.5, 0.6) is 23.0 Å². The second-order valence-electron chi connectivity index (χ2n) is 19.1. The highest BCUT2D eigenvalue weighted by molar-refractivity contribution is 8.01. The quantitative estimate of drug-likeness (QED) is 0.141. The lowest BCUT2D eigenvalue weighted by molar-refractivity contribution is 0.482. The molecule has 4 aliphatic heterocycles. The lowest BCUT2D eigenvalue weighted by Gasteiger charge is -2.45. The third kappa shape index (κ3) is 7.04. The van der Waals surface area contributed by atoms with Crippen LogP contribution in [0.2, 0.25) is 0 Å². The minimum absolute atomic E-state index is 0.0239. The molecule has 11 aromatic rings. The Hall–Kier alpha value is -8.55. The van der Waals surface area contributed by atoms with E-state index in [0.717, 1.165) is 79.4 Å². The summed E-state index contributed by atoms with van der Waals surface area (Å²) >= 11 is 3.72. The van der Waals surface area contributed by atoms with E-state index in [2.05, 4.69) is 265 Å². The summed E-state index contributed by atoms with van der Waals surface area (Å²) in [5, 5.41) is 0. The first-order valence-corrected chi connectivity index (χ1v) is 26.8. The van der Waals surface area contributed by atoms with Gasteiger partial charge in [0.05, 0.1) is 0 Å². The van der Waals surface area contributed by atoms with Crippen molar-refractivity contribution in [2.45, 2.75) is 19.6 Å². The summed E-state index contributed by atoms with van der Waals surface area (Å²) in [7, 11) is 0. The number of hydrogen-bond acceptors (Lipinski definition) is 6. The van der Waals surface area contributed by atoms with Crippen molar-refractivity contribution in [1.29, 1.82) is 0 Å². The Balaban J connectivity index is 0.950. The second-order valence-corrected chi connectivity index (χ2v) is 21.3. The van der Waals surface area contributed by atoms with Crippen molar-refractivity contribution < 1.29 is 9.47 Å². The molecule has 0 radical (unpaired) electrons. The van der Waals surface area contributed by atoms with Crippen LogP contribution in [0.1, 0.15) is 0 Å². The van der Waals surface area contributed by atoms with Gasteiger partial charge in [-0.25, -0.2) is 0 Å². The minimum atomic E-state index is -0.0818. The van der Waals surface area contributed by atoms with Gasteiger partial charge in [-0.2, -0.15) is 0 Å². The van der Waals surface area contributed by atoms with Crippen molar-refractivity contribution in [1.82, 2.24) is 0 Å². The van der Waals surface area contributed by atoms with E-state index in [0.29, 0.717) is 0 Å². The Labute approximate surface area is 440 Å². The molecule has 0 bridgehead atoms. The van der Waals surface area contributed by atoms with Crippen LogP contribution in [-0.2, 0) is 0 Å². The molecule has 0 saturated carbocycles. The summed E-state index contributed by atoms with van der Waals surface area (Å²) in [6.07, 6.45) is 0. The minimum Gasteiger partial charge on any atom is -0.457 e. The highest BCUT2D eigenvalue weighted by Gasteiger charge is 2.46. The van der Waals surface area contributed by atoms with Crippen LogP contribution in [0.4, 0.5) is 34.1 Å². The molecule has 4 heterocycles. The predicted octanol–water partition coefficient (Wildman–Crippen LogP) is 14.1.